The number of halogens is 1. The molecule has 0 unspecified atom stereocenters. The molecular weight excluding hydrogens is 258 g/mol. The molecular formula is C10H10BrN3O. The summed E-state index contributed by atoms with van der Waals surface area (Å²) in [5.41, 5.74) is 7.53. The third-order valence-electron chi connectivity index (χ3n) is 2.49. The van der Waals surface area contributed by atoms with Gasteiger partial charge in [0.2, 0.25) is 5.91 Å². The number of aromatic nitrogens is 2. The van der Waals surface area contributed by atoms with Crippen molar-refractivity contribution in [1.82, 2.24) is 9.78 Å². The van der Waals surface area contributed by atoms with Crippen molar-refractivity contribution in [3.63, 3.8) is 0 Å². The van der Waals surface area contributed by atoms with E-state index in [-0.39, 0.29) is 0 Å². The number of fused-ring (bicyclic) bond motifs is 1. The number of nitrogens with zero attached hydrogens (tertiary/aromatic N) is 2. The first-order valence-corrected chi connectivity index (χ1v) is 5.23. The highest BCUT2D eigenvalue weighted by Crippen LogP contribution is 2.28. The Hall–Kier alpha value is -1.36. The molecule has 0 fully saturated rings. The van der Waals surface area contributed by atoms with Gasteiger partial charge in [0.05, 0.1) is 5.56 Å². The highest BCUT2D eigenvalue weighted by molar-refractivity contribution is 9.10. The van der Waals surface area contributed by atoms with Crippen molar-refractivity contribution >= 4 is 32.7 Å². The molecule has 0 radical (unpaired) electrons. The summed E-state index contributed by atoms with van der Waals surface area (Å²) < 4.78 is 2.60. The number of carbonyl (C=O) groups is 1. The van der Waals surface area contributed by atoms with Crippen LogP contribution in [0.3, 0.4) is 0 Å². The number of rotatable bonds is 1. The molecule has 2 rings (SSSR count). The summed E-state index contributed by atoms with van der Waals surface area (Å²) in [4.78, 5) is 11.3. The van der Waals surface area contributed by atoms with Gasteiger partial charge in [-0.1, -0.05) is 0 Å². The summed E-state index contributed by atoms with van der Waals surface area (Å²) in [6.45, 7) is 1.91. The van der Waals surface area contributed by atoms with E-state index < -0.39 is 5.91 Å². The first-order valence-electron chi connectivity index (χ1n) is 4.44. The van der Waals surface area contributed by atoms with Crippen LogP contribution in [0.2, 0.25) is 0 Å². The van der Waals surface area contributed by atoms with E-state index in [0.717, 1.165) is 21.1 Å². The van der Waals surface area contributed by atoms with Gasteiger partial charge in [0.15, 0.2) is 0 Å². The van der Waals surface area contributed by atoms with Gasteiger partial charge in [-0.2, -0.15) is 5.10 Å². The molecule has 0 aliphatic rings. The summed E-state index contributed by atoms with van der Waals surface area (Å²) >= 11 is 3.40. The maximum Gasteiger partial charge on any atom is 0.249 e. The van der Waals surface area contributed by atoms with Crippen LogP contribution in [-0.2, 0) is 7.05 Å². The lowest BCUT2D eigenvalue weighted by Crippen LogP contribution is -2.11. The Morgan fingerprint density at radius 2 is 2.20 bits per heavy atom. The molecule has 0 atom stereocenters. The van der Waals surface area contributed by atoms with Crippen molar-refractivity contribution in [2.24, 2.45) is 12.8 Å². The van der Waals surface area contributed by atoms with Gasteiger partial charge >= 0.3 is 0 Å². The van der Waals surface area contributed by atoms with Crippen molar-refractivity contribution in [2.75, 3.05) is 0 Å². The van der Waals surface area contributed by atoms with Gasteiger partial charge < -0.3 is 5.73 Å². The summed E-state index contributed by atoms with van der Waals surface area (Å²) in [6, 6.07) is 3.50. The van der Waals surface area contributed by atoms with Crippen LogP contribution < -0.4 is 5.73 Å². The van der Waals surface area contributed by atoms with Crippen LogP contribution in [0.15, 0.2) is 16.6 Å². The van der Waals surface area contributed by atoms with Gasteiger partial charge in [0.1, 0.15) is 5.52 Å². The SMILES string of the molecule is Cc1c2c(C(N)=O)ccc(Br)c2nn1C. The molecule has 0 saturated carbocycles. The molecule has 0 bridgehead atoms. The van der Waals surface area contributed by atoms with Gasteiger partial charge in [0, 0.05) is 22.6 Å². The summed E-state index contributed by atoms with van der Waals surface area (Å²) in [7, 11) is 1.84. The van der Waals surface area contributed by atoms with Gasteiger partial charge in [0.25, 0.3) is 0 Å². The van der Waals surface area contributed by atoms with Crippen LogP contribution in [0.1, 0.15) is 16.1 Å². The zero-order valence-electron chi connectivity index (χ0n) is 8.41. The predicted octanol–water partition coefficient (Wildman–Crippen LogP) is 1.74. The lowest BCUT2D eigenvalue weighted by Gasteiger charge is -2.00. The second kappa shape index (κ2) is 3.34. The molecule has 1 heterocycles. The quantitative estimate of drug-likeness (QED) is 0.856. The Labute approximate surface area is 95.2 Å². The van der Waals surface area contributed by atoms with E-state index in [1.807, 2.05) is 14.0 Å². The normalized spacial score (nSPS) is 10.9. The molecule has 1 aromatic heterocycles. The van der Waals surface area contributed by atoms with Crippen LogP contribution in [-0.4, -0.2) is 15.7 Å². The minimum absolute atomic E-state index is 0.427. The Bertz CT molecular complexity index is 559. The highest BCUT2D eigenvalue weighted by atomic mass is 79.9. The fraction of sp³-hybridized carbons (Fsp3) is 0.200. The molecule has 0 saturated heterocycles. The molecule has 0 aliphatic heterocycles. The zero-order chi connectivity index (χ0) is 11.2. The van der Waals surface area contributed by atoms with Crippen LogP contribution in [0.25, 0.3) is 10.9 Å². The largest absolute Gasteiger partial charge is 0.366 e. The highest BCUT2D eigenvalue weighted by Gasteiger charge is 2.15. The van der Waals surface area contributed by atoms with Crippen LogP contribution >= 0.6 is 15.9 Å². The summed E-state index contributed by atoms with van der Waals surface area (Å²) in [5.74, 6) is -0.427. The maximum absolute atomic E-state index is 11.3. The summed E-state index contributed by atoms with van der Waals surface area (Å²) in [6.07, 6.45) is 0. The molecule has 1 amide bonds. The molecule has 2 N–H and O–H groups in total. The van der Waals surface area contributed by atoms with Gasteiger partial charge in [-0.25, -0.2) is 0 Å². The Morgan fingerprint density at radius 1 is 1.53 bits per heavy atom. The van der Waals surface area contributed by atoms with Crippen molar-refractivity contribution in [2.45, 2.75) is 6.92 Å². The number of aryl methyl sites for hydroxylation is 2. The molecule has 78 valence electrons. The van der Waals surface area contributed by atoms with Crippen molar-refractivity contribution < 1.29 is 4.79 Å². The van der Waals surface area contributed by atoms with E-state index in [0.29, 0.717) is 5.56 Å². The Balaban J connectivity index is 2.96. The van der Waals surface area contributed by atoms with E-state index in [4.69, 9.17) is 5.73 Å². The lowest BCUT2D eigenvalue weighted by atomic mass is 10.1. The maximum atomic E-state index is 11.3. The average molecular weight is 268 g/mol. The second-order valence-electron chi connectivity index (χ2n) is 3.39. The Kier molecular flexibility index (Phi) is 2.26. The first-order chi connectivity index (χ1) is 7.02. The van der Waals surface area contributed by atoms with Crippen molar-refractivity contribution in [3.05, 3.63) is 27.9 Å². The fourth-order valence-electron chi connectivity index (χ4n) is 1.62. The van der Waals surface area contributed by atoms with E-state index in [1.165, 1.54) is 0 Å². The first kappa shape index (κ1) is 10.2. The zero-order valence-corrected chi connectivity index (χ0v) is 10.00. The number of primary amides is 1. The third-order valence-corrected chi connectivity index (χ3v) is 3.13. The number of amides is 1. The van der Waals surface area contributed by atoms with Crippen molar-refractivity contribution in [3.8, 4) is 0 Å². The predicted molar refractivity (Wildman–Crippen MR) is 61.7 cm³/mol. The Morgan fingerprint density at radius 3 is 2.80 bits per heavy atom. The standard InChI is InChI=1S/C10H10BrN3O/c1-5-8-6(10(12)15)3-4-7(11)9(8)13-14(5)2/h3-4H,1-2H3,(H2,12,15). The molecule has 5 heteroatoms. The van der Waals surface area contributed by atoms with Crippen molar-refractivity contribution in [1.29, 1.82) is 0 Å². The molecule has 1 aromatic carbocycles. The number of benzene rings is 1. The van der Waals surface area contributed by atoms with Crippen LogP contribution in [0.4, 0.5) is 0 Å². The molecule has 2 aromatic rings. The van der Waals surface area contributed by atoms with E-state index >= 15 is 0 Å². The molecule has 15 heavy (non-hydrogen) atoms. The number of hydrogen-bond acceptors (Lipinski definition) is 2. The smallest absolute Gasteiger partial charge is 0.249 e. The van der Waals surface area contributed by atoms with Gasteiger partial charge in [-0.3, -0.25) is 9.48 Å². The van der Waals surface area contributed by atoms with Gasteiger partial charge in [-0.15, -0.1) is 0 Å². The van der Waals surface area contributed by atoms with E-state index in [9.17, 15) is 4.79 Å². The fourth-order valence-corrected chi connectivity index (χ4v) is 2.03. The van der Waals surface area contributed by atoms with E-state index in [1.54, 1.807) is 16.8 Å². The minimum atomic E-state index is -0.427. The number of carbonyl (C=O) groups excluding carboxylic acids is 1. The molecule has 0 aliphatic carbocycles. The van der Waals surface area contributed by atoms with Crippen LogP contribution in [0, 0.1) is 6.92 Å². The molecule has 4 nitrogen and oxygen atoms in total. The van der Waals surface area contributed by atoms with Crippen LogP contribution in [0.5, 0.6) is 0 Å². The topological polar surface area (TPSA) is 60.9 Å². The number of nitrogens with two attached hydrogens (primary N) is 1. The summed E-state index contributed by atoms with van der Waals surface area (Å²) in [5, 5.41) is 5.14. The average Bonchev–Trinajstić information content (AvgIpc) is 2.46. The number of hydrogen-bond donors (Lipinski definition) is 1. The second-order valence-corrected chi connectivity index (χ2v) is 4.25. The third kappa shape index (κ3) is 1.43. The lowest BCUT2D eigenvalue weighted by molar-refractivity contribution is 0.100. The minimum Gasteiger partial charge on any atom is -0.366 e. The van der Waals surface area contributed by atoms with E-state index in [2.05, 4.69) is 21.0 Å². The van der Waals surface area contributed by atoms with Gasteiger partial charge in [-0.05, 0) is 35.0 Å². The molecule has 0 spiro atoms. The monoisotopic (exact) mass is 267 g/mol.